The smallest absolute Gasteiger partial charge is 0.0971 e. The van der Waals surface area contributed by atoms with E-state index in [0.29, 0.717) is 0 Å². The first-order valence-electron chi connectivity index (χ1n) is 41.8. The van der Waals surface area contributed by atoms with Gasteiger partial charge in [0, 0.05) is 118 Å². The second-order valence-electron chi connectivity index (χ2n) is 31.9. The lowest BCUT2D eigenvalue weighted by Gasteiger charge is -2.16. The number of fused-ring (bicyclic) bond motifs is 30. The summed E-state index contributed by atoms with van der Waals surface area (Å²) in [5.41, 5.74) is 23.8. The van der Waals surface area contributed by atoms with Gasteiger partial charge < -0.3 is 13.7 Å². The van der Waals surface area contributed by atoms with E-state index >= 15 is 0 Å². The van der Waals surface area contributed by atoms with Gasteiger partial charge in [-0.05, 0) is 172 Å². The number of benzene rings is 21. The van der Waals surface area contributed by atoms with Gasteiger partial charge in [-0.1, -0.05) is 297 Å². The molecule has 0 saturated heterocycles. The van der Waals surface area contributed by atoms with Gasteiger partial charge in [0.2, 0.25) is 0 Å². The molecule has 0 aliphatic carbocycles. The number of rotatable bonds is 6. The van der Waals surface area contributed by atoms with Gasteiger partial charge in [0.15, 0.2) is 0 Å². The molecule has 0 aliphatic rings. The molecule has 0 unspecified atom stereocenters. The summed E-state index contributed by atoms with van der Waals surface area (Å²) < 4.78 is 7.20. The average Bonchev–Trinajstić information content (AvgIpc) is 1.71. The van der Waals surface area contributed by atoms with Crippen LogP contribution >= 0.6 is 0 Å². The summed E-state index contributed by atoms with van der Waals surface area (Å²) in [5, 5.41) is 29.0. The van der Waals surface area contributed by atoms with Gasteiger partial charge in [-0.2, -0.15) is 0 Å². The molecule has 0 bridgehead atoms. The largest absolute Gasteiger partial charge is 0.309 e. The maximum absolute atomic E-state index is 4.74. The summed E-state index contributed by atoms with van der Waals surface area (Å²) in [6.07, 6.45) is 10.7. The minimum Gasteiger partial charge on any atom is -0.309 e. The zero-order chi connectivity index (χ0) is 80.7. The standard InChI is InChI=1S/3C38H23N3/c1-3-11-28-26(9-1)25(19-20-36(28)41-34-15-7-5-12-29(34)30-13-6-8-16-35(30)41)24-17-18-32-33(23-24)27-10-2-4-14-31(27)37-38(32)40-22-21-39-37;1-2-12-31-27(9-1)33-23-24(19-20-32(33)38-37(31)39-21-22-40-38)25-13-7-15-28-26(25)14-8-18-36(28)41-34-16-5-3-10-29(34)30-11-4-6-17-35(30)41;1-2-10-32-29(7-1)34-23-26(16-18-33(34)38-37(32)39-19-20-40-38)25-14-13-24-15-17-28(22-27(24)21-25)41-35-11-5-3-8-30(35)31-9-4-6-12-36(31)41/h3*1-23H. The minimum absolute atomic E-state index is 0.944. The minimum atomic E-state index is 0.944. The molecule has 6 heterocycles. The maximum Gasteiger partial charge on any atom is 0.0971 e. The monoisotopic (exact) mass is 1560 g/mol. The lowest BCUT2D eigenvalue weighted by atomic mass is 9.93. The van der Waals surface area contributed by atoms with Crippen molar-refractivity contribution in [3.63, 3.8) is 0 Å². The van der Waals surface area contributed by atoms with Crippen molar-refractivity contribution in [2.75, 3.05) is 0 Å². The Balaban J connectivity index is 0.000000101. The van der Waals surface area contributed by atoms with Crippen molar-refractivity contribution in [3.05, 3.63) is 419 Å². The van der Waals surface area contributed by atoms with Crippen molar-refractivity contribution < 1.29 is 0 Å². The quantitative estimate of drug-likeness (QED) is 0.154. The third kappa shape index (κ3) is 11.0. The maximum atomic E-state index is 4.74. The molecular formula is C114H69N9. The summed E-state index contributed by atoms with van der Waals surface area (Å²) >= 11 is 0. The molecule has 0 saturated carbocycles. The fourth-order valence-electron chi connectivity index (χ4n) is 20.0. The molecule has 0 atom stereocenters. The Morgan fingerprint density at radius 1 is 0.146 bits per heavy atom. The number of para-hydroxylation sites is 6. The topological polar surface area (TPSA) is 92.1 Å². The SMILES string of the molecule is c1cc(-n2c3ccccc3c3ccccc32)c2cccc(-c3ccc4c(c3)c3ccccc3c3nccnc43)c2c1.c1ccc2c(-n3c4ccccc4c4ccccc43)ccc(-c3ccc4c(c3)c3ccccc3c3nccnc43)c2c1.c1ccc2c(c1)c1cc(-c3ccc4ccc(-n5c6ccccc6c6ccccc65)cc4c3)ccc1c1nccnc21. The molecular weight excluding hydrogens is 1500 g/mol. The first kappa shape index (κ1) is 69.5. The summed E-state index contributed by atoms with van der Waals surface area (Å²) in [7, 11) is 0. The molecule has 9 nitrogen and oxygen atoms in total. The number of aromatic nitrogens is 9. The molecule has 570 valence electrons. The summed E-state index contributed by atoms with van der Waals surface area (Å²) in [6.45, 7) is 0. The number of nitrogens with zero attached hydrogens (tertiary/aromatic N) is 9. The van der Waals surface area contributed by atoms with Crippen LogP contribution in [-0.4, -0.2) is 43.6 Å². The van der Waals surface area contributed by atoms with Crippen LogP contribution in [0.1, 0.15) is 0 Å². The fraction of sp³-hybridized carbons (Fsp3) is 0. The van der Waals surface area contributed by atoms with Crippen LogP contribution in [0.3, 0.4) is 0 Å². The third-order valence-corrected chi connectivity index (χ3v) is 25.4. The third-order valence-electron chi connectivity index (χ3n) is 25.4. The summed E-state index contributed by atoms with van der Waals surface area (Å²) in [4.78, 5) is 28.3. The molecule has 27 aromatic rings. The Bertz CT molecular complexity index is 8560. The highest BCUT2D eigenvalue weighted by Crippen LogP contribution is 2.46. The number of hydrogen-bond acceptors (Lipinski definition) is 6. The lowest BCUT2D eigenvalue weighted by molar-refractivity contribution is 1.19. The predicted molar refractivity (Wildman–Crippen MR) is 515 cm³/mol. The van der Waals surface area contributed by atoms with Crippen LogP contribution in [0.25, 0.3) is 246 Å². The second-order valence-corrected chi connectivity index (χ2v) is 31.9. The van der Waals surface area contributed by atoms with E-state index in [2.05, 4.69) is 401 Å². The molecule has 123 heavy (non-hydrogen) atoms. The van der Waals surface area contributed by atoms with Gasteiger partial charge in [0.05, 0.1) is 77.6 Å². The van der Waals surface area contributed by atoms with Gasteiger partial charge in [-0.25, -0.2) is 0 Å². The molecule has 0 radical (unpaired) electrons. The molecule has 0 N–H and O–H groups in total. The highest BCUT2D eigenvalue weighted by atomic mass is 15.0. The average molecular weight is 1560 g/mol. The molecule has 0 fully saturated rings. The van der Waals surface area contributed by atoms with Gasteiger partial charge in [-0.3, -0.25) is 29.9 Å². The number of hydrogen-bond donors (Lipinski definition) is 0. The van der Waals surface area contributed by atoms with E-state index in [1.54, 1.807) is 37.2 Å². The van der Waals surface area contributed by atoms with Gasteiger partial charge in [0.25, 0.3) is 0 Å². The molecule has 0 spiro atoms. The van der Waals surface area contributed by atoms with Crippen molar-refractivity contribution in [1.82, 2.24) is 43.6 Å². The van der Waals surface area contributed by atoms with Gasteiger partial charge in [0.1, 0.15) is 0 Å². The van der Waals surface area contributed by atoms with E-state index in [9.17, 15) is 0 Å². The highest BCUT2D eigenvalue weighted by molar-refractivity contribution is 6.27. The van der Waals surface area contributed by atoms with E-state index in [4.69, 9.17) is 24.9 Å². The predicted octanol–water partition coefficient (Wildman–Crippen LogP) is 29.6. The summed E-state index contributed by atoms with van der Waals surface area (Å²) in [5.74, 6) is 0. The molecule has 9 heteroatoms. The fourth-order valence-corrected chi connectivity index (χ4v) is 20.0. The van der Waals surface area contributed by atoms with Crippen LogP contribution in [0.2, 0.25) is 0 Å². The van der Waals surface area contributed by atoms with Crippen LogP contribution in [0.15, 0.2) is 419 Å². The van der Waals surface area contributed by atoms with Crippen molar-refractivity contribution in [2.45, 2.75) is 0 Å². The van der Waals surface area contributed by atoms with Gasteiger partial charge in [-0.15, -0.1) is 0 Å². The molecule has 0 amide bonds. The lowest BCUT2D eigenvalue weighted by Crippen LogP contribution is -1.96. The highest BCUT2D eigenvalue weighted by Gasteiger charge is 2.22. The zero-order valence-corrected chi connectivity index (χ0v) is 66.4. The van der Waals surface area contributed by atoms with E-state index in [-0.39, 0.29) is 0 Å². The van der Waals surface area contributed by atoms with Crippen molar-refractivity contribution in [3.8, 4) is 50.4 Å². The first-order chi connectivity index (χ1) is 61.1. The van der Waals surface area contributed by atoms with E-state index in [1.165, 1.54) is 180 Å². The van der Waals surface area contributed by atoms with Crippen LogP contribution in [0, 0.1) is 0 Å². The van der Waals surface area contributed by atoms with E-state index in [1.807, 2.05) is 0 Å². The second kappa shape index (κ2) is 28.0. The zero-order valence-electron chi connectivity index (χ0n) is 66.4. The molecule has 27 rings (SSSR count). The van der Waals surface area contributed by atoms with Crippen LogP contribution in [0.4, 0.5) is 0 Å². The normalized spacial score (nSPS) is 11.9. The van der Waals surface area contributed by atoms with Crippen LogP contribution in [-0.2, 0) is 0 Å². The summed E-state index contributed by atoms with van der Waals surface area (Å²) in [6, 6.07) is 138. The van der Waals surface area contributed by atoms with E-state index < -0.39 is 0 Å². The van der Waals surface area contributed by atoms with Crippen LogP contribution < -0.4 is 0 Å². The van der Waals surface area contributed by atoms with Crippen molar-refractivity contribution in [1.29, 1.82) is 0 Å². The van der Waals surface area contributed by atoms with Gasteiger partial charge >= 0.3 is 0 Å². The van der Waals surface area contributed by atoms with Crippen molar-refractivity contribution in [2.24, 2.45) is 0 Å². The molecule has 6 aromatic heterocycles. The Hall–Kier alpha value is -16.6. The first-order valence-corrected chi connectivity index (χ1v) is 41.8. The Morgan fingerprint density at radius 2 is 0.423 bits per heavy atom. The van der Waals surface area contributed by atoms with Crippen LogP contribution in [0.5, 0.6) is 0 Å². The molecule has 21 aromatic carbocycles. The molecule has 0 aliphatic heterocycles. The Labute approximate surface area is 704 Å². The Kier molecular flexibility index (Phi) is 15.8. The van der Waals surface area contributed by atoms with Crippen molar-refractivity contribution >= 4 is 195 Å². The Morgan fingerprint density at radius 3 is 0.837 bits per heavy atom. The van der Waals surface area contributed by atoms with E-state index in [0.717, 1.165) is 65.4 Å².